The monoisotopic (exact) mass is 397 g/mol. The topological polar surface area (TPSA) is 113 Å². The van der Waals surface area contributed by atoms with Crippen LogP contribution in [-0.4, -0.2) is 28.1 Å². The molecule has 142 valence electrons. The summed E-state index contributed by atoms with van der Waals surface area (Å²) in [5.74, 6) is -2.30. The van der Waals surface area contributed by atoms with E-state index in [-0.39, 0.29) is 21.2 Å². The number of anilines is 1. The van der Waals surface area contributed by atoms with Gasteiger partial charge in [0.2, 0.25) is 5.06 Å². The molecule has 0 aliphatic heterocycles. The van der Waals surface area contributed by atoms with Gasteiger partial charge in [-0.2, -0.15) is 0 Å². The van der Waals surface area contributed by atoms with Crippen molar-refractivity contribution in [2.24, 2.45) is 0 Å². The molecule has 0 radical (unpaired) electrons. The average molecular weight is 397 g/mol. The molecule has 0 atom stereocenters. The Morgan fingerprint density at radius 1 is 0.893 bits per heavy atom. The second-order valence-corrected chi connectivity index (χ2v) is 6.88. The van der Waals surface area contributed by atoms with Crippen LogP contribution in [0.2, 0.25) is 0 Å². The number of carboxylic acids is 2. The number of ether oxygens (including phenoxy) is 1. The summed E-state index contributed by atoms with van der Waals surface area (Å²) >= 11 is 0.860. The number of carbonyl (C=O) groups excluding carboxylic acids is 1. The fourth-order valence-electron chi connectivity index (χ4n) is 2.31. The predicted molar refractivity (Wildman–Crippen MR) is 104 cm³/mol. The lowest BCUT2D eigenvalue weighted by Crippen LogP contribution is -2.11. The van der Waals surface area contributed by atoms with Crippen molar-refractivity contribution in [3.63, 3.8) is 0 Å². The number of nitrogens with one attached hydrogen (secondary N) is 1. The molecule has 0 aliphatic rings. The average Bonchev–Trinajstić information content (AvgIpc) is 3.05. The molecule has 0 bridgehead atoms. The molecule has 28 heavy (non-hydrogen) atoms. The first kappa shape index (κ1) is 19.1. The lowest BCUT2D eigenvalue weighted by Gasteiger charge is -2.08. The van der Waals surface area contributed by atoms with Gasteiger partial charge in [0.15, 0.2) is 0 Å². The quantitative estimate of drug-likeness (QED) is 0.564. The van der Waals surface area contributed by atoms with E-state index in [2.05, 4.69) is 5.32 Å². The zero-order chi connectivity index (χ0) is 20.3. The van der Waals surface area contributed by atoms with Gasteiger partial charge in [0, 0.05) is 5.56 Å². The van der Waals surface area contributed by atoms with Crippen molar-refractivity contribution >= 4 is 34.9 Å². The van der Waals surface area contributed by atoms with Gasteiger partial charge < -0.3 is 20.3 Å². The lowest BCUT2D eigenvalue weighted by molar-refractivity contribution is 0.0688. The van der Waals surface area contributed by atoms with Crippen molar-refractivity contribution in [2.45, 2.75) is 6.92 Å². The molecule has 0 spiro atoms. The highest BCUT2D eigenvalue weighted by Gasteiger charge is 2.18. The maximum atomic E-state index is 12.5. The molecule has 8 heteroatoms. The molecule has 3 rings (SSSR count). The molecule has 3 aromatic rings. The SMILES string of the molecule is Cc1ccc(C(=O)Nc2cc(C(=O)O)sc2Oc2ccc(C(=O)O)cc2)cc1. The maximum absolute atomic E-state index is 12.5. The number of hydrogen-bond donors (Lipinski definition) is 3. The van der Waals surface area contributed by atoms with Gasteiger partial charge in [-0.1, -0.05) is 29.0 Å². The highest BCUT2D eigenvalue weighted by molar-refractivity contribution is 7.16. The Kier molecular flexibility index (Phi) is 5.42. The second-order valence-electron chi connectivity index (χ2n) is 5.87. The van der Waals surface area contributed by atoms with E-state index in [1.165, 1.54) is 30.3 Å². The van der Waals surface area contributed by atoms with E-state index < -0.39 is 17.8 Å². The van der Waals surface area contributed by atoms with Crippen LogP contribution in [0.25, 0.3) is 0 Å². The maximum Gasteiger partial charge on any atom is 0.346 e. The number of carboxylic acid groups (broad SMARTS) is 2. The smallest absolute Gasteiger partial charge is 0.346 e. The largest absolute Gasteiger partial charge is 0.478 e. The Morgan fingerprint density at radius 2 is 1.50 bits per heavy atom. The lowest BCUT2D eigenvalue weighted by atomic mass is 10.1. The molecule has 1 heterocycles. The Bertz CT molecular complexity index is 1040. The van der Waals surface area contributed by atoms with Crippen molar-refractivity contribution in [3.05, 3.63) is 76.2 Å². The second kappa shape index (κ2) is 7.93. The predicted octanol–water partition coefficient (Wildman–Crippen LogP) is 4.50. The van der Waals surface area contributed by atoms with E-state index in [1.807, 2.05) is 6.92 Å². The van der Waals surface area contributed by atoms with Gasteiger partial charge in [-0.25, -0.2) is 9.59 Å². The number of rotatable bonds is 6. The van der Waals surface area contributed by atoms with E-state index in [0.717, 1.165) is 16.9 Å². The zero-order valence-corrected chi connectivity index (χ0v) is 15.4. The minimum atomic E-state index is -1.15. The molecule has 7 nitrogen and oxygen atoms in total. The third-order valence-corrected chi connectivity index (χ3v) is 4.78. The van der Waals surface area contributed by atoms with E-state index in [9.17, 15) is 19.5 Å². The molecule has 0 saturated carbocycles. The van der Waals surface area contributed by atoms with Crippen molar-refractivity contribution < 1.29 is 29.3 Å². The van der Waals surface area contributed by atoms with Gasteiger partial charge in [0.05, 0.1) is 11.3 Å². The van der Waals surface area contributed by atoms with Crippen molar-refractivity contribution in [1.82, 2.24) is 0 Å². The van der Waals surface area contributed by atoms with Gasteiger partial charge in [-0.3, -0.25) is 4.79 Å². The fraction of sp³-hybridized carbons (Fsp3) is 0.0500. The number of amides is 1. The van der Waals surface area contributed by atoms with Gasteiger partial charge in [0.25, 0.3) is 5.91 Å². The van der Waals surface area contributed by atoms with Gasteiger partial charge in [0.1, 0.15) is 10.6 Å². The summed E-state index contributed by atoms with van der Waals surface area (Å²) in [5, 5.41) is 21.0. The Hall–Kier alpha value is -3.65. The van der Waals surface area contributed by atoms with Gasteiger partial charge >= 0.3 is 11.9 Å². The summed E-state index contributed by atoms with van der Waals surface area (Å²) in [7, 11) is 0. The number of benzene rings is 2. The van der Waals surface area contributed by atoms with Crippen molar-refractivity contribution in [1.29, 1.82) is 0 Å². The highest BCUT2D eigenvalue weighted by atomic mass is 32.1. The molecule has 0 fully saturated rings. The summed E-state index contributed by atoms with van der Waals surface area (Å²) in [5.41, 5.74) is 1.74. The minimum Gasteiger partial charge on any atom is -0.478 e. The molecular formula is C20H15NO6S. The Morgan fingerprint density at radius 3 is 2.07 bits per heavy atom. The summed E-state index contributed by atoms with van der Waals surface area (Å²) in [6.45, 7) is 1.90. The fourth-order valence-corrected chi connectivity index (χ4v) is 3.14. The number of carbonyl (C=O) groups is 3. The third-order valence-electron chi connectivity index (χ3n) is 3.78. The first-order chi connectivity index (χ1) is 13.3. The third kappa shape index (κ3) is 4.36. The molecule has 3 N–H and O–H groups in total. The first-order valence-electron chi connectivity index (χ1n) is 8.10. The zero-order valence-electron chi connectivity index (χ0n) is 14.6. The summed E-state index contributed by atoms with van der Waals surface area (Å²) in [6.07, 6.45) is 0. The standard InChI is InChI=1S/C20H15NO6S/c1-11-2-4-12(5-3-11)17(22)21-15-10-16(19(25)26)28-20(15)27-14-8-6-13(7-9-14)18(23)24/h2-10H,1H3,(H,21,22)(H,23,24)(H,25,26). The minimum absolute atomic E-state index is 0.00337. The van der Waals surface area contributed by atoms with Crippen molar-refractivity contribution in [2.75, 3.05) is 5.32 Å². The molecule has 0 unspecified atom stereocenters. The number of thiophene rings is 1. The van der Waals surface area contributed by atoms with Crippen LogP contribution >= 0.6 is 11.3 Å². The summed E-state index contributed by atoms with van der Waals surface area (Å²) in [6, 6.07) is 13.9. The van der Waals surface area contributed by atoms with Crippen LogP contribution in [0.1, 0.15) is 36.0 Å². The van der Waals surface area contributed by atoms with Gasteiger partial charge in [-0.15, -0.1) is 0 Å². The molecule has 0 saturated heterocycles. The summed E-state index contributed by atoms with van der Waals surface area (Å²) in [4.78, 5) is 34.7. The Labute approximate surface area is 163 Å². The van der Waals surface area contributed by atoms with E-state index >= 15 is 0 Å². The van der Waals surface area contributed by atoms with Crippen LogP contribution in [0.5, 0.6) is 10.8 Å². The van der Waals surface area contributed by atoms with Crippen LogP contribution < -0.4 is 10.1 Å². The van der Waals surface area contributed by atoms with E-state index in [0.29, 0.717) is 11.3 Å². The van der Waals surface area contributed by atoms with Crippen LogP contribution in [0.3, 0.4) is 0 Å². The highest BCUT2D eigenvalue weighted by Crippen LogP contribution is 2.38. The number of aromatic carboxylic acids is 2. The van der Waals surface area contributed by atoms with Crippen LogP contribution in [0.4, 0.5) is 5.69 Å². The molecule has 1 aromatic heterocycles. The number of hydrogen-bond acceptors (Lipinski definition) is 5. The normalized spacial score (nSPS) is 10.3. The van der Waals surface area contributed by atoms with Crippen LogP contribution in [0.15, 0.2) is 54.6 Å². The van der Waals surface area contributed by atoms with Crippen LogP contribution in [-0.2, 0) is 0 Å². The van der Waals surface area contributed by atoms with Crippen LogP contribution in [0, 0.1) is 6.92 Å². The molecule has 1 amide bonds. The number of aryl methyl sites for hydroxylation is 1. The Balaban J connectivity index is 1.86. The van der Waals surface area contributed by atoms with Crippen molar-refractivity contribution in [3.8, 4) is 10.8 Å². The first-order valence-corrected chi connectivity index (χ1v) is 8.91. The molecular weight excluding hydrogens is 382 g/mol. The van der Waals surface area contributed by atoms with Gasteiger partial charge in [-0.05, 0) is 49.4 Å². The summed E-state index contributed by atoms with van der Waals surface area (Å²) < 4.78 is 5.68. The molecule has 2 aromatic carbocycles. The van der Waals surface area contributed by atoms with E-state index in [1.54, 1.807) is 24.3 Å². The molecule has 0 aliphatic carbocycles. The van der Waals surface area contributed by atoms with E-state index in [4.69, 9.17) is 9.84 Å².